The fourth-order valence-electron chi connectivity index (χ4n) is 1.69. The fraction of sp³-hybridized carbons (Fsp3) is 0.154. The number of rotatable bonds is 4. The van der Waals surface area contributed by atoms with Gasteiger partial charge < -0.3 is 10.4 Å². The summed E-state index contributed by atoms with van der Waals surface area (Å²) in [5.74, 6) is -3.40. The predicted octanol–water partition coefficient (Wildman–Crippen LogP) is 4.55. The highest BCUT2D eigenvalue weighted by atomic mass is 35.5. The van der Waals surface area contributed by atoms with Crippen molar-refractivity contribution in [2.24, 2.45) is 0 Å². The van der Waals surface area contributed by atoms with Gasteiger partial charge >= 0.3 is 5.97 Å². The van der Waals surface area contributed by atoms with E-state index in [4.69, 9.17) is 16.7 Å². The van der Waals surface area contributed by atoms with E-state index in [1.807, 2.05) is 0 Å². The summed E-state index contributed by atoms with van der Waals surface area (Å²) in [5.41, 5.74) is -0.647. The number of benzene rings is 1. The molecule has 0 saturated carbocycles. The molecule has 0 fully saturated rings. The van der Waals surface area contributed by atoms with Crippen LogP contribution < -0.4 is 5.32 Å². The lowest BCUT2D eigenvalue weighted by molar-refractivity contribution is 0.0692. The molecule has 1 aromatic carbocycles. The number of thiophene rings is 1. The number of carboxylic acid groups (broad SMARTS) is 1. The van der Waals surface area contributed by atoms with E-state index in [0.29, 0.717) is 10.4 Å². The van der Waals surface area contributed by atoms with Crippen LogP contribution >= 0.6 is 22.9 Å². The zero-order chi connectivity index (χ0) is 14.9. The maximum absolute atomic E-state index is 13.7. The Hall–Kier alpha value is -1.66. The first-order valence-corrected chi connectivity index (χ1v) is 6.82. The van der Waals surface area contributed by atoms with Crippen molar-refractivity contribution >= 4 is 34.6 Å². The summed E-state index contributed by atoms with van der Waals surface area (Å²) in [6, 6.07) is 4.71. The van der Waals surface area contributed by atoms with Gasteiger partial charge in [-0.2, -0.15) is 0 Å². The van der Waals surface area contributed by atoms with E-state index in [0.717, 1.165) is 10.9 Å². The lowest BCUT2D eigenvalue weighted by Crippen LogP contribution is -2.09. The zero-order valence-electron chi connectivity index (χ0n) is 10.3. The van der Waals surface area contributed by atoms with Crippen molar-refractivity contribution in [3.63, 3.8) is 0 Å². The van der Waals surface area contributed by atoms with Gasteiger partial charge in [-0.1, -0.05) is 11.6 Å². The highest BCUT2D eigenvalue weighted by molar-refractivity contribution is 7.16. The van der Waals surface area contributed by atoms with Crippen LogP contribution in [-0.4, -0.2) is 11.1 Å². The van der Waals surface area contributed by atoms with Crippen LogP contribution in [0.2, 0.25) is 4.34 Å². The smallest absolute Gasteiger partial charge is 0.338 e. The molecule has 0 aliphatic heterocycles. The number of hydrogen-bond acceptors (Lipinski definition) is 3. The van der Waals surface area contributed by atoms with Gasteiger partial charge in [-0.15, -0.1) is 11.3 Å². The molecule has 106 valence electrons. The molecule has 7 heteroatoms. The molecule has 0 spiro atoms. The summed E-state index contributed by atoms with van der Waals surface area (Å²) in [5, 5.41) is 11.6. The molecular weight excluding hydrogens is 308 g/mol. The number of hydrogen-bond donors (Lipinski definition) is 2. The van der Waals surface area contributed by atoms with E-state index in [1.165, 1.54) is 11.3 Å². The summed E-state index contributed by atoms with van der Waals surface area (Å²) in [4.78, 5) is 11.7. The quantitative estimate of drug-likeness (QED) is 0.869. The SMILES string of the molecule is CC(Nc1cc(C(=O)O)c(F)cc1F)c1ccc(Cl)s1. The van der Waals surface area contributed by atoms with Crippen LogP contribution in [0.1, 0.15) is 28.2 Å². The van der Waals surface area contributed by atoms with Crippen LogP contribution in [0.4, 0.5) is 14.5 Å². The van der Waals surface area contributed by atoms with Crippen molar-refractivity contribution in [3.05, 3.63) is 50.7 Å². The van der Waals surface area contributed by atoms with E-state index >= 15 is 0 Å². The normalized spacial score (nSPS) is 12.2. The average molecular weight is 318 g/mol. The second kappa shape index (κ2) is 5.76. The molecule has 20 heavy (non-hydrogen) atoms. The van der Waals surface area contributed by atoms with Crippen LogP contribution in [0.3, 0.4) is 0 Å². The largest absolute Gasteiger partial charge is 0.478 e. The third-order valence-electron chi connectivity index (χ3n) is 2.68. The van der Waals surface area contributed by atoms with E-state index in [1.54, 1.807) is 19.1 Å². The van der Waals surface area contributed by atoms with Gasteiger partial charge in [0.25, 0.3) is 0 Å². The van der Waals surface area contributed by atoms with E-state index in [-0.39, 0.29) is 11.7 Å². The van der Waals surface area contributed by atoms with E-state index in [2.05, 4.69) is 5.32 Å². The molecular formula is C13H10ClF2NO2S. The number of carbonyl (C=O) groups is 1. The van der Waals surface area contributed by atoms with Crippen LogP contribution in [0.15, 0.2) is 24.3 Å². The molecule has 3 nitrogen and oxygen atoms in total. The molecule has 0 radical (unpaired) electrons. The molecule has 0 bridgehead atoms. The Balaban J connectivity index is 2.29. The Bertz CT molecular complexity index is 660. The highest BCUT2D eigenvalue weighted by Gasteiger charge is 2.17. The lowest BCUT2D eigenvalue weighted by atomic mass is 10.1. The summed E-state index contributed by atoms with van der Waals surface area (Å²) >= 11 is 7.14. The Morgan fingerprint density at radius 1 is 1.35 bits per heavy atom. The molecule has 1 atom stereocenters. The van der Waals surface area contributed by atoms with Crippen molar-refractivity contribution in [1.29, 1.82) is 0 Å². The van der Waals surface area contributed by atoms with Crippen molar-refractivity contribution in [3.8, 4) is 0 Å². The zero-order valence-corrected chi connectivity index (χ0v) is 11.9. The lowest BCUT2D eigenvalue weighted by Gasteiger charge is -2.15. The minimum atomic E-state index is -1.45. The Kier molecular flexibility index (Phi) is 4.25. The van der Waals surface area contributed by atoms with Gasteiger partial charge in [0.15, 0.2) is 0 Å². The van der Waals surface area contributed by atoms with Crippen LogP contribution in [0, 0.1) is 11.6 Å². The van der Waals surface area contributed by atoms with Crippen LogP contribution in [-0.2, 0) is 0 Å². The van der Waals surface area contributed by atoms with Gasteiger partial charge in [0.05, 0.1) is 21.6 Å². The molecule has 2 rings (SSSR count). The first-order chi connectivity index (χ1) is 9.38. The molecule has 2 aromatic rings. The van der Waals surface area contributed by atoms with Gasteiger partial charge in [0.1, 0.15) is 11.6 Å². The monoisotopic (exact) mass is 317 g/mol. The fourth-order valence-corrected chi connectivity index (χ4v) is 2.75. The third kappa shape index (κ3) is 3.08. The molecule has 0 aliphatic carbocycles. The van der Waals surface area contributed by atoms with Gasteiger partial charge in [-0.05, 0) is 25.1 Å². The number of aromatic carboxylic acids is 1. The molecule has 2 N–H and O–H groups in total. The van der Waals surface area contributed by atoms with Gasteiger partial charge in [0, 0.05) is 10.9 Å². The maximum atomic E-state index is 13.7. The van der Waals surface area contributed by atoms with E-state index in [9.17, 15) is 13.6 Å². The second-order valence-electron chi connectivity index (χ2n) is 4.12. The van der Waals surface area contributed by atoms with Crippen LogP contribution in [0.25, 0.3) is 0 Å². The first-order valence-electron chi connectivity index (χ1n) is 5.62. The van der Waals surface area contributed by atoms with Crippen molar-refractivity contribution in [2.45, 2.75) is 13.0 Å². The molecule has 1 aromatic heterocycles. The molecule has 1 heterocycles. The Morgan fingerprint density at radius 3 is 2.60 bits per heavy atom. The molecule has 0 saturated heterocycles. The molecule has 1 unspecified atom stereocenters. The third-order valence-corrected chi connectivity index (χ3v) is 4.09. The first kappa shape index (κ1) is 14.7. The molecule has 0 aliphatic rings. The minimum absolute atomic E-state index is 0.0687. The van der Waals surface area contributed by atoms with E-state index < -0.39 is 23.2 Å². The summed E-state index contributed by atoms with van der Waals surface area (Å²) < 4.78 is 27.5. The number of nitrogens with one attached hydrogen (secondary N) is 1. The van der Waals surface area contributed by atoms with Gasteiger partial charge in [-0.3, -0.25) is 0 Å². The maximum Gasteiger partial charge on any atom is 0.338 e. The minimum Gasteiger partial charge on any atom is -0.478 e. The van der Waals surface area contributed by atoms with Gasteiger partial charge in [-0.25, -0.2) is 13.6 Å². The summed E-state index contributed by atoms with van der Waals surface area (Å²) in [6.07, 6.45) is 0. The average Bonchev–Trinajstić information content (AvgIpc) is 2.79. The predicted molar refractivity (Wildman–Crippen MR) is 74.7 cm³/mol. The Labute approximate surface area is 122 Å². The number of carboxylic acids is 1. The molecule has 0 amide bonds. The highest BCUT2D eigenvalue weighted by Crippen LogP contribution is 2.30. The second-order valence-corrected chi connectivity index (χ2v) is 5.87. The Morgan fingerprint density at radius 2 is 2.05 bits per heavy atom. The number of halogens is 3. The van der Waals surface area contributed by atoms with Crippen LogP contribution in [0.5, 0.6) is 0 Å². The van der Waals surface area contributed by atoms with Crippen molar-refractivity contribution in [2.75, 3.05) is 5.32 Å². The van der Waals surface area contributed by atoms with Crippen molar-refractivity contribution in [1.82, 2.24) is 0 Å². The van der Waals surface area contributed by atoms with Gasteiger partial charge in [0.2, 0.25) is 0 Å². The summed E-state index contributed by atoms with van der Waals surface area (Å²) in [7, 11) is 0. The van der Waals surface area contributed by atoms with Crippen molar-refractivity contribution < 1.29 is 18.7 Å². The summed E-state index contributed by atoms with van der Waals surface area (Å²) in [6.45, 7) is 1.77. The topological polar surface area (TPSA) is 49.3 Å². The standard InChI is InChI=1S/C13H10ClF2NO2S/c1-6(11-2-3-12(14)20-11)17-10-4-7(13(18)19)8(15)5-9(10)16/h2-6,17H,1H3,(H,18,19). The number of anilines is 1.